The van der Waals surface area contributed by atoms with Gasteiger partial charge in [-0.2, -0.15) is 0 Å². The summed E-state index contributed by atoms with van der Waals surface area (Å²) >= 11 is 0. The van der Waals surface area contributed by atoms with Crippen molar-refractivity contribution in [3.05, 3.63) is 12.7 Å². The van der Waals surface area contributed by atoms with Crippen molar-refractivity contribution < 1.29 is 23.3 Å². The highest BCUT2D eigenvalue weighted by Gasteiger charge is 2.23. The van der Waals surface area contributed by atoms with Crippen LogP contribution >= 0.6 is 7.82 Å². The number of phosphoric acid groups is 1. The van der Waals surface area contributed by atoms with Crippen LogP contribution in [0.1, 0.15) is 0 Å². The zero-order chi connectivity index (χ0) is 9.61. The molecule has 0 saturated heterocycles. The normalized spacial score (nSPS) is 14.8. The molecule has 6 nitrogen and oxygen atoms in total. The van der Waals surface area contributed by atoms with Crippen LogP contribution in [0.25, 0.3) is 0 Å². The van der Waals surface area contributed by atoms with E-state index in [1.54, 1.807) is 0 Å². The van der Waals surface area contributed by atoms with Crippen molar-refractivity contribution in [2.75, 3.05) is 13.2 Å². The molecule has 0 rings (SSSR count). The third-order valence-corrected chi connectivity index (χ3v) is 1.66. The lowest BCUT2D eigenvalue weighted by Crippen LogP contribution is -2.09. The Morgan fingerprint density at radius 2 is 2.33 bits per heavy atom. The standard InChI is InChI=1S/C5H10NO5P/c1-2-5(7)11-12(8,9)10-4-3-6/h2H,1,3-4,6H2,(H,8,9). The van der Waals surface area contributed by atoms with Gasteiger partial charge in [-0.25, -0.2) is 9.36 Å². The van der Waals surface area contributed by atoms with Gasteiger partial charge in [0.2, 0.25) is 0 Å². The molecule has 1 atom stereocenters. The molecule has 0 aliphatic rings. The minimum Gasteiger partial charge on any atom is -0.367 e. The second-order valence-electron chi connectivity index (χ2n) is 1.70. The maximum absolute atomic E-state index is 10.7. The summed E-state index contributed by atoms with van der Waals surface area (Å²) in [6.45, 7) is 2.95. The van der Waals surface area contributed by atoms with Crippen LogP contribution in [0.4, 0.5) is 0 Å². The second-order valence-corrected chi connectivity index (χ2v) is 3.08. The Morgan fingerprint density at radius 3 is 2.75 bits per heavy atom. The van der Waals surface area contributed by atoms with Gasteiger partial charge in [0.25, 0.3) is 0 Å². The van der Waals surface area contributed by atoms with Gasteiger partial charge in [-0.3, -0.25) is 9.42 Å². The lowest BCUT2D eigenvalue weighted by molar-refractivity contribution is -0.130. The molecule has 0 aromatic heterocycles. The summed E-state index contributed by atoms with van der Waals surface area (Å²) in [6, 6.07) is 0. The summed E-state index contributed by atoms with van der Waals surface area (Å²) in [4.78, 5) is 19.1. The molecule has 0 aromatic carbocycles. The molecule has 0 amide bonds. The summed E-state index contributed by atoms with van der Waals surface area (Å²) in [7, 11) is -4.28. The van der Waals surface area contributed by atoms with E-state index in [-0.39, 0.29) is 13.2 Å². The lowest BCUT2D eigenvalue weighted by Gasteiger charge is -2.08. The van der Waals surface area contributed by atoms with Crippen molar-refractivity contribution in [1.29, 1.82) is 0 Å². The molecule has 1 unspecified atom stereocenters. The van der Waals surface area contributed by atoms with Gasteiger partial charge in [-0.05, 0) is 0 Å². The van der Waals surface area contributed by atoms with Crippen LogP contribution in [0.3, 0.4) is 0 Å². The molecule has 0 bridgehead atoms. The Kier molecular flexibility index (Phi) is 4.77. The Bertz CT molecular complexity index is 216. The van der Waals surface area contributed by atoms with Crippen LogP contribution in [0, 0.1) is 0 Å². The molecule has 0 heterocycles. The molecule has 3 N–H and O–H groups in total. The summed E-state index contributed by atoms with van der Waals surface area (Å²) < 4.78 is 18.9. The third-order valence-electron chi connectivity index (χ3n) is 0.744. The van der Waals surface area contributed by atoms with Crippen LogP contribution in [0.5, 0.6) is 0 Å². The molecule has 0 aromatic rings. The molecule has 0 aliphatic heterocycles. The van der Waals surface area contributed by atoms with Crippen molar-refractivity contribution in [2.24, 2.45) is 5.73 Å². The summed E-state index contributed by atoms with van der Waals surface area (Å²) in [5.74, 6) is -1.02. The molecule has 0 aliphatic carbocycles. The second kappa shape index (κ2) is 5.05. The number of hydrogen-bond donors (Lipinski definition) is 2. The number of hydrogen-bond acceptors (Lipinski definition) is 5. The first-order valence-electron chi connectivity index (χ1n) is 3.05. The highest BCUT2D eigenvalue weighted by molar-refractivity contribution is 7.48. The maximum atomic E-state index is 10.7. The van der Waals surface area contributed by atoms with Gasteiger partial charge in [0.15, 0.2) is 0 Å². The van der Waals surface area contributed by atoms with Crippen LogP contribution in [-0.4, -0.2) is 24.0 Å². The van der Waals surface area contributed by atoms with Crippen LogP contribution in [-0.2, 0) is 18.4 Å². The zero-order valence-electron chi connectivity index (χ0n) is 6.30. The third kappa shape index (κ3) is 5.03. The molecular formula is C5H10NO5P. The molecule has 0 saturated carbocycles. The molecule has 0 radical (unpaired) electrons. The van der Waals surface area contributed by atoms with Gasteiger partial charge in [-0.15, -0.1) is 0 Å². The Hall–Kier alpha value is -0.680. The smallest absolute Gasteiger partial charge is 0.367 e. The first-order chi connectivity index (χ1) is 5.52. The van der Waals surface area contributed by atoms with Gasteiger partial charge >= 0.3 is 13.8 Å². The molecule has 12 heavy (non-hydrogen) atoms. The summed E-state index contributed by atoms with van der Waals surface area (Å²) in [5, 5.41) is 0. The molecule has 7 heteroatoms. The van der Waals surface area contributed by atoms with E-state index in [1.807, 2.05) is 0 Å². The minimum atomic E-state index is -4.28. The number of nitrogens with two attached hydrogens (primary N) is 1. The van der Waals surface area contributed by atoms with Crippen LogP contribution in [0.15, 0.2) is 12.7 Å². The predicted octanol–water partition coefficient (Wildman–Crippen LogP) is -0.209. The first-order valence-corrected chi connectivity index (χ1v) is 4.55. The predicted molar refractivity (Wildman–Crippen MR) is 41.1 cm³/mol. The topological polar surface area (TPSA) is 98.9 Å². The van der Waals surface area contributed by atoms with E-state index >= 15 is 0 Å². The maximum Gasteiger partial charge on any atom is 0.529 e. The van der Waals surface area contributed by atoms with Gasteiger partial charge in [0.1, 0.15) is 0 Å². The molecule has 0 fully saturated rings. The van der Waals surface area contributed by atoms with E-state index in [0.717, 1.165) is 6.08 Å². The Morgan fingerprint density at radius 1 is 1.75 bits per heavy atom. The van der Waals surface area contributed by atoms with E-state index in [0.29, 0.717) is 0 Å². The Labute approximate surface area is 69.6 Å². The highest BCUT2D eigenvalue weighted by atomic mass is 31.2. The van der Waals surface area contributed by atoms with E-state index in [4.69, 9.17) is 10.6 Å². The minimum absolute atomic E-state index is 0.0657. The first kappa shape index (κ1) is 11.3. The average Bonchev–Trinajstić information content (AvgIpc) is 2.00. The number of rotatable bonds is 5. The van der Waals surface area contributed by atoms with E-state index in [2.05, 4.69) is 15.6 Å². The van der Waals surface area contributed by atoms with Crippen LogP contribution in [0.2, 0.25) is 0 Å². The molecule has 70 valence electrons. The van der Waals surface area contributed by atoms with Crippen molar-refractivity contribution >= 4 is 13.8 Å². The highest BCUT2D eigenvalue weighted by Crippen LogP contribution is 2.42. The SMILES string of the molecule is C=CC(=O)OP(=O)(O)OCCN. The number of phosphoric ester groups is 1. The Balaban J connectivity index is 3.95. The van der Waals surface area contributed by atoms with Gasteiger partial charge in [-0.1, -0.05) is 6.58 Å². The fraction of sp³-hybridized carbons (Fsp3) is 0.400. The van der Waals surface area contributed by atoms with Crippen molar-refractivity contribution in [2.45, 2.75) is 0 Å². The quantitative estimate of drug-likeness (QED) is 0.465. The number of carbonyl (C=O) groups is 1. The average molecular weight is 195 g/mol. The van der Waals surface area contributed by atoms with Gasteiger partial charge in [0.05, 0.1) is 6.61 Å². The van der Waals surface area contributed by atoms with Crippen molar-refractivity contribution in [1.82, 2.24) is 0 Å². The monoisotopic (exact) mass is 195 g/mol. The molecule has 0 spiro atoms. The van der Waals surface area contributed by atoms with Crippen LogP contribution < -0.4 is 5.73 Å². The van der Waals surface area contributed by atoms with Gasteiger partial charge < -0.3 is 10.3 Å². The van der Waals surface area contributed by atoms with E-state index in [1.165, 1.54) is 0 Å². The van der Waals surface area contributed by atoms with E-state index in [9.17, 15) is 9.36 Å². The lowest BCUT2D eigenvalue weighted by atomic mass is 10.7. The molecular weight excluding hydrogens is 185 g/mol. The van der Waals surface area contributed by atoms with Gasteiger partial charge in [0, 0.05) is 12.6 Å². The largest absolute Gasteiger partial charge is 0.529 e. The van der Waals surface area contributed by atoms with Crippen molar-refractivity contribution in [3.63, 3.8) is 0 Å². The summed E-state index contributed by atoms with van der Waals surface area (Å²) in [6.07, 6.45) is 0.759. The van der Waals surface area contributed by atoms with Crippen molar-refractivity contribution in [3.8, 4) is 0 Å². The number of carbonyl (C=O) groups excluding carboxylic acids is 1. The fourth-order valence-corrected chi connectivity index (χ4v) is 1.04. The van der Waals surface area contributed by atoms with E-state index < -0.39 is 13.8 Å². The fourth-order valence-electron chi connectivity index (χ4n) is 0.345. The summed E-state index contributed by atoms with van der Waals surface area (Å²) in [5.41, 5.74) is 4.98. The zero-order valence-corrected chi connectivity index (χ0v) is 7.20.